The lowest BCUT2D eigenvalue weighted by atomic mass is 9.94. The highest BCUT2D eigenvalue weighted by Gasteiger charge is 2.27. The van der Waals surface area contributed by atoms with Gasteiger partial charge < -0.3 is 4.74 Å². The Morgan fingerprint density at radius 1 is 1.43 bits per heavy atom. The molecule has 1 unspecified atom stereocenters. The van der Waals surface area contributed by atoms with E-state index in [1.165, 1.54) is 19.3 Å². The van der Waals surface area contributed by atoms with Crippen molar-refractivity contribution in [3.8, 4) is 0 Å². The molecule has 0 aromatic heterocycles. The quantitative estimate of drug-likeness (QED) is 0.764. The zero-order valence-corrected chi connectivity index (χ0v) is 14.5. The van der Waals surface area contributed by atoms with Crippen LogP contribution in [0.4, 0.5) is 0 Å². The highest BCUT2D eigenvalue weighted by Crippen LogP contribution is 2.29. The summed E-state index contributed by atoms with van der Waals surface area (Å²) in [6, 6.07) is 5.45. The van der Waals surface area contributed by atoms with Gasteiger partial charge >= 0.3 is 5.97 Å². The number of nitrogens with one attached hydrogen (secondary N) is 1. The number of halogens is 2. The predicted octanol–water partition coefficient (Wildman–Crippen LogP) is 4.63. The van der Waals surface area contributed by atoms with E-state index in [1.807, 2.05) is 25.1 Å². The van der Waals surface area contributed by atoms with Gasteiger partial charge in [0.25, 0.3) is 0 Å². The molecule has 0 radical (unpaired) electrons. The van der Waals surface area contributed by atoms with Crippen molar-refractivity contribution < 1.29 is 9.53 Å². The van der Waals surface area contributed by atoms with Crippen LogP contribution in [0.5, 0.6) is 0 Å². The highest BCUT2D eigenvalue weighted by molar-refractivity contribution is 9.10. The van der Waals surface area contributed by atoms with Gasteiger partial charge in [0.05, 0.1) is 6.61 Å². The minimum atomic E-state index is -0.492. The van der Waals surface area contributed by atoms with Crippen molar-refractivity contribution >= 4 is 33.5 Å². The number of ether oxygens (including phenoxy) is 1. The summed E-state index contributed by atoms with van der Waals surface area (Å²) < 4.78 is 6.11. The zero-order chi connectivity index (χ0) is 15.2. The van der Waals surface area contributed by atoms with Crippen LogP contribution >= 0.6 is 27.5 Å². The third kappa shape index (κ3) is 4.70. The first kappa shape index (κ1) is 16.8. The van der Waals surface area contributed by atoms with Gasteiger partial charge in [-0.25, -0.2) is 4.79 Å². The van der Waals surface area contributed by atoms with E-state index in [1.54, 1.807) is 0 Å². The molecule has 1 atom stereocenters. The van der Waals surface area contributed by atoms with E-state index in [-0.39, 0.29) is 5.97 Å². The van der Waals surface area contributed by atoms with Gasteiger partial charge in [-0.1, -0.05) is 52.9 Å². The molecule has 0 amide bonds. The second-order valence-electron chi connectivity index (χ2n) is 5.35. The lowest BCUT2D eigenvalue weighted by Crippen LogP contribution is -2.39. The topological polar surface area (TPSA) is 38.3 Å². The first-order chi connectivity index (χ1) is 10.1. The molecule has 0 aliphatic heterocycles. The van der Waals surface area contributed by atoms with E-state index in [0.29, 0.717) is 17.7 Å². The summed E-state index contributed by atoms with van der Waals surface area (Å²) in [4.78, 5) is 12.3. The Morgan fingerprint density at radius 3 is 2.76 bits per heavy atom. The molecule has 21 heavy (non-hydrogen) atoms. The van der Waals surface area contributed by atoms with Crippen molar-refractivity contribution in [1.29, 1.82) is 0 Å². The molecule has 1 N–H and O–H groups in total. The van der Waals surface area contributed by atoms with Crippen LogP contribution in [0.3, 0.4) is 0 Å². The van der Waals surface area contributed by atoms with Crippen LogP contribution in [0.1, 0.15) is 50.6 Å². The summed E-state index contributed by atoms with van der Waals surface area (Å²) in [5, 5.41) is 4.02. The molecule has 1 aromatic carbocycles. The summed E-state index contributed by atoms with van der Waals surface area (Å²) in [6.07, 6.45) is 5.90. The maximum atomic E-state index is 12.3. The monoisotopic (exact) mass is 373 g/mol. The molecule has 1 fully saturated rings. The molecule has 1 aliphatic carbocycles. The molecule has 0 spiro atoms. The van der Waals surface area contributed by atoms with E-state index in [2.05, 4.69) is 21.2 Å². The number of rotatable bonds is 5. The third-order valence-electron chi connectivity index (χ3n) is 3.80. The standard InChI is InChI=1S/C16H21BrClNO2/c1-2-21-16(20)15(19-12-6-4-3-5-7-12)13-9-8-11(17)10-14(13)18/h8-10,12,15,19H,2-7H2,1H3. The Bertz CT molecular complexity index is 489. The lowest BCUT2D eigenvalue weighted by molar-refractivity contribution is -0.146. The van der Waals surface area contributed by atoms with Gasteiger partial charge in [-0.05, 0) is 37.5 Å². The van der Waals surface area contributed by atoms with Crippen LogP contribution in [-0.4, -0.2) is 18.6 Å². The normalized spacial score (nSPS) is 17.5. The van der Waals surface area contributed by atoms with Gasteiger partial charge in [-0.2, -0.15) is 0 Å². The van der Waals surface area contributed by atoms with E-state index in [0.717, 1.165) is 22.9 Å². The smallest absolute Gasteiger partial charge is 0.327 e. The maximum Gasteiger partial charge on any atom is 0.327 e. The maximum absolute atomic E-state index is 12.3. The van der Waals surface area contributed by atoms with E-state index in [4.69, 9.17) is 16.3 Å². The number of hydrogen-bond acceptors (Lipinski definition) is 3. The second kappa shape index (κ2) is 8.16. The molecule has 0 bridgehead atoms. The fourth-order valence-corrected chi connectivity index (χ4v) is 3.53. The summed E-state index contributed by atoms with van der Waals surface area (Å²) >= 11 is 9.70. The Morgan fingerprint density at radius 2 is 2.14 bits per heavy atom. The summed E-state index contributed by atoms with van der Waals surface area (Å²) in [5.74, 6) is -0.257. The van der Waals surface area contributed by atoms with Crippen molar-refractivity contribution in [3.63, 3.8) is 0 Å². The molecule has 1 aliphatic rings. The summed E-state index contributed by atoms with van der Waals surface area (Å²) in [6.45, 7) is 2.19. The van der Waals surface area contributed by atoms with Gasteiger partial charge in [-0.3, -0.25) is 5.32 Å². The van der Waals surface area contributed by atoms with Crippen molar-refractivity contribution in [1.82, 2.24) is 5.32 Å². The highest BCUT2D eigenvalue weighted by atomic mass is 79.9. The van der Waals surface area contributed by atoms with Crippen LogP contribution < -0.4 is 5.32 Å². The fraction of sp³-hybridized carbons (Fsp3) is 0.562. The first-order valence-corrected chi connectivity index (χ1v) is 8.66. The summed E-state index contributed by atoms with van der Waals surface area (Å²) in [7, 11) is 0. The predicted molar refractivity (Wildman–Crippen MR) is 88.5 cm³/mol. The Kier molecular flexibility index (Phi) is 6.52. The van der Waals surface area contributed by atoms with Crippen LogP contribution in [0.2, 0.25) is 5.02 Å². The molecule has 0 heterocycles. The van der Waals surface area contributed by atoms with Gasteiger partial charge in [0.1, 0.15) is 6.04 Å². The first-order valence-electron chi connectivity index (χ1n) is 7.49. The lowest BCUT2D eigenvalue weighted by Gasteiger charge is -2.28. The minimum absolute atomic E-state index is 0.257. The van der Waals surface area contributed by atoms with Crippen LogP contribution in [-0.2, 0) is 9.53 Å². The zero-order valence-electron chi connectivity index (χ0n) is 12.2. The van der Waals surface area contributed by atoms with Gasteiger partial charge in [0.15, 0.2) is 0 Å². The van der Waals surface area contributed by atoms with E-state index in [9.17, 15) is 4.79 Å². The van der Waals surface area contributed by atoms with E-state index < -0.39 is 6.04 Å². The molecule has 5 heteroatoms. The van der Waals surface area contributed by atoms with Gasteiger partial charge in [0.2, 0.25) is 0 Å². The molecule has 116 valence electrons. The molecule has 3 nitrogen and oxygen atoms in total. The fourth-order valence-electron chi connectivity index (χ4n) is 2.75. The Hall–Kier alpha value is -0.580. The summed E-state index contributed by atoms with van der Waals surface area (Å²) in [5.41, 5.74) is 0.781. The molecule has 2 rings (SSSR count). The molecule has 1 saturated carbocycles. The van der Waals surface area contributed by atoms with Crippen LogP contribution in [0, 0.1) is 0 Å². The largest absolute Gasteiger partial charge is 0.465 e. The van der Waals surface area contributed by atoms with Crippen LogP contribution in [0.25, 0.3) is 0 Å². The number of benzene rings is 1. The Balaban J connectivity index is 2.19. The molecule has 0 saturated heterocycles. The van der Waals surface area contributed by atoms with Crippen LogP contribution in [0.15, 0.2) is 22.7 Å². The van der Waals surface area contributed by atoms with Gasteiger partial charge in [0, 0.05) is 15.5 Å². The number of hydrogen-bond donors (Lipinski definition) is 1. The van der Waals surface area contributed by atoms with Crippen molar-refractivity contribution in [3.05, 3.63) is 33.3 Å². The molecule has 1 aromatic rings. The Labute approximate surface area is 139 Å². The second-order valence-corrected chi connectivity index (χ2v) is 6.68. The molecular weight excluding hydrogens is 354 g/mol. The number of carbonyl (C=O) groups is 1. The SMILES string of the molecule is CCOC(=O)C(NC1CCCCC1)c1ccc(Br)cc1Cl. The van der Waals surface area contributed by atoms with Crippen molar-refractivity contribution in [2.24, 2.45) is 0 Å². The number of carbonyl (C=O) groups excluding carboxylic acids is 1. The van der Waals surface area contributed by atoms with E-state index >= 15 is 0 Å². The molecular formula is C16H21BrClNO2. The average molecular weight is 375 g/mol. The van der Waals surface area contributed by atoms with Gasteiger partial charge in [-0.15, -0.1) is 0 Å². The minimum Gasteiger partial charge on any atom is -0.465 e. The number of esters is 1. The third-order valence-corrected chi connectivity index (χ3v) is 4.62. The average Bonchev–Trinajstić information content (AvgIpc) is 2.47. The van der Waals surface area contributed by atoms with Crippen molar-refractivity contribution in [2.75, 3.05) is 6.61 Å². The van der Waals surface area contributed by atoms with Crippen molar-refractivity contribution in [2.45, 2.75) is 51.1 Å².